The van der Waals surface area contributed by atoms with Crippen LogP contribution in [0.25, 0.3) is 0 Å². The molecule has 1 aromatic heterocycles. The van der Waals surface area contributed by atoms with Gasteiger partial charge >= 0.3 is 0 Å². The number of aromatic nitrogens is 1. The van der Waals surface area contributed by atoms with Crippen molar-refractivity contribution < 1.29 is 4.79 Å². The Bertz CT molecular complexity index is 849. The summed E-state index contributed by atoms with van der Waals surface area (Å²) < 4.78 is 3.16. The van der Waals surface area contributed by atoms with E-state index in [9.17, 15) is 4.79 Å². The molecule has 1 heterocycles. The third-order valence-corrected chi connectivity index (χ3v) is 7.22. The Labute approximate surface area is 173 Å². The molecule has 0 aliphatic heterocycles. The number of hydrogen-bond donors (Lipinski definition) is 0. The molecule has 1 aliphatic rings. The van der Waals surface area contributed by atoms with Gasteiger partial charge in [-0.2, -0.15) is 0 Å². The third-order valence-electron chi connectivity index (χ3n) is 5.84. The first kappa shape index (κ1) is 21.0. The molecule has 3 nitrogen and oxygen atoms in total. The number of benzene rings is 1. The second-order valence-corrected chi connectivity index (χ2v) is 10.0. The molecule has 3 rings (SSSR count). The van der Waals surface area contributed by atoms with Crippen LogP contribution in [0.2, 0.25) is 0 Å². The van der Waals surface area contributed by atoms with Crippen molar-refractivity contribution in [1.29, 1.82) is 0 Å². The fourth-order valence-corrected chi connectivity index (χ4v) is 5.11. The van der Waals surface area contributed by atoms with Crippen molar-refractivity contribution in [2.75, 3.05) is 0 Å². The maximum Gasteiger partial charge on any atom is 0.257 e. The third kappa shape index (κ3) is 4.48. The van der Waals surface area contributed by atoms with E-state index < -0.39 is 5.41 Å². The van der Waals surface area contributed by atoms with E-state index in [0.717, 1.165) is 55.2 Å². The molecule has 4 heteroatoms. The topological polar surface area (TPSA) is 34.4 Å². The fourth-order valence-electron chi connectivity index (χ4n) is 4.07. The Morgan fingerprint density at radius 1 is 1.14 bits per heavy atom. The van der Waals surface area contributed by atoms with Crippen molar-refractivity contribution in [3.63, 3.8) is 0 Å². The summed E-state index contributed by atoms with van der Waals surface area (Å²) in [5.41, 5.74) is 1.91. The van der Waals surface area contributed by atoms with Crippen molar-refractivity contribution in [3.05, 3.63) is 52.3 Å². The molecule has 0 spiro atoms. The first-order valence-corrected chi connectivity index (χ1v) is 11.5. The van der Waals surface area contributed by atoms with Gasteiger partial charge in [0.2, 0.25) is 0 Å². The van der Waals surface area contributed by atoms with Gasteiger partial charge in [0, 0.05) is 17.3 Å². The number of nitrogens with zero attached hydrogens (tertiary/aromatic N) is 2. The highest BCUT2D eigenvalue weighted by Crippen LogP contribution is 2.40. The van der Waals surface area contributed by atoms with E-state index in [1.807, 2.05) is 18.2 Å². The van der Waals surface area contributed by atoms with Gasteiger partial charge in [0.05, 0.1) is 5.41 Å². The average molecular weight is 399 g/mol. The predicted molar refractivity (Wildman–Crippen MR) is 118 cm³/mol. The monoisotopic (exact) mass is 398 g/mol. The molecule has 2 aromatic rings. The van der Waals surface area contributed by atoms with E-state index in [4.69, 9.17) is 4.99 Å². The van der Waals surface area contributed by atoms with Gasteiger partial charge in [0.25, 0.3) is 5.91 Å². The predicted octanol–water partition coefficient (Wildman–Crippen LogP) is 5.98. The first-order valence-electron chi connectivity index (χ1n) is 10.7. The van der Waals surface area contributed by atoms with Crippen LogP contribution in [0.4, 0.5) is 0 Å². The smallest absolute Gasteiger partial charge is 0.257 e. The minimum Gasteiger partial charge on any atom is -0.298 e. The van der Waals surface area contributed by atoms with Gasteiger partial charge < -0.3 is 0 Å². The molecule has 0 radical (unpaired) electrons. The van der Waals surface area contributed by atoms with E-state index >= 15 is 0 Å². The highest BCUT2D eigenvalue weighted by atomic mass is 32.1. The molecule has 28 heavy (non-hydrogen) atoms. The van der Waals surface area contributed by atoms with E-state index in [1.165, 1.54) is 12.0 Å². The van der Waals surface area contributed by atoms with Gasteiger partial charge in [-0.15, -0.1) is 0 Å². The van der Waals surface area contributed by atoms with Gasteiger partial charge in [-0.05, 0) is 63.6 Å². The summed E-state index contributed by atoms with van der Waals surface area (Å²) in [7, 11) is 0. The summed E-state index contributed by atoms with van der Waals surface area (Å²) in [5.74, 6) is 0.0547. The zero-order valence-electron chi connectivity index (χ0n) is 17.8. The van der Waals surface area contributed by atoms with Crippen molar-refractivity contribution in [2.45, 2.75) is 90.0 Å². The van der Waals surface area contributed by atoms with Crippen LogP contribution in [0.15, 0.2) is 41.5 Å². The SMILES string of the molecule is CCCCc1cn(C(C)(C)C)sc1=NC(=O)C1(c2ccccc2)CCCCC1. The summed E-state index contributed by atoms with van der Waals surface area (Å²) >= 11 is 1.63. The van der Waals surface area contributed by atoms with Crippen molar-refractivity contribution in [3.8, 4) is 0 Å². The molecule has 1 saturated carbocycles. The van der Waals surface area contributed by atoms with Crippen LogP contribution in [-0.4, -0.2) is 9.86 Å². The Morgan fingerprint density at radius 2 is 1.82 bits per heavy atom. The summed E-state index contributed by atoms with van der Waals surface area (Å²) in [5, 5.41) is 0. The molecule has 0 saturated heterocycles. The van der Waals surface area contributed by atoms with Crippen LogP contribution in [0.3, 0.4) is 0 Å². The Hall–Kier alpha value is -1.68. The first-order chi connectivity index (χ1) is 13.4. The summed E-state index contributed by atoms with van der Waals surface area (Å²) in [4.78, 5) is 18.4. The van der Waals surface area contributed by atoms with Gasteiger partial charge in [-0.1, -0.05) is 62.9 Å². The number of amides is 1. The van der Waals surface area contributed by atoms with Crippen LogP contribution >= 0.6 is 11.5 Å². The Morgan fingerprint density at radius 3 is 2.43 bits per heavy atom. The summed E-state index contributed by atoms with van der Waals surface area (Å²) in [6, 6.07) is 10.3. The maximum atomic E-state index is 13.6. The fraction of sp³-hybridized carbons (Fsp3) is 0.583. The van der Waals surface area contributed by atoms with Crippen LogP contribution in [0.1, 0.15) is 83.8 Å². The molecule has 1 aliphatic carbocycles. The lowest BCUT2D eigenvalue weighted by Crippen LogP contribution is -2.38. The van der Waals surface area contributed by atoms with Crippen molar-refractivity contribution in [2.24, 2.45) is 4.99 Å². The summed E-state index contributed by atoms with van der Waals surface area (Å²) in [6.45, 7) is 8.81. The van der Waals surface area contributed by atoms with Crippen LogP contribution in [-0.2, 0) is 22.2 Å². The lowest BCUT2D eigenvalue weighted by atomic mass is 9.69. The van der Waals surface area contributed by atoms with Crippen LogP contribution < -0.4 is 4.67 Å². The van der Waals surface area contributed by atoms with Gasteiger partial charge in [-0.25, -0.2) is 4.99 Å². The molecule has 0 N–H and O–H groups in total. The van der Waals surface area contributed by atoms with E-state index in [2.05, 4.69) is 50.0 Å². The Balaban J connectivity index is 2.05. The lowest BCUT2D eigenvalue weighted by molar-refractivity contribution is -0.124. The number of unbranched alkanes of at least 4 members (excludes halogenated alkanes) is 1. The normalized spacial score (nSPS) is 17.6. The molecule has 0 bridgehead atoms. The van der Waals surface area contributed by atoms with E-state index in [1.54, 1.807) is 11.5 Å². The molecule has 1 fully saturated rings. The van der Waals surface area contributed by atoms with Gasteiger partial charge in [-0.3, -0.25) is 8.75 Å². The second-order valence-electron chi connectivity index (χ2n) is 9.08. The van der Waals surface area contributed by atoms with E-state index in [0.29, 0.717) is 0 Å². The second kappa shape index (κ2) is 8.77. The summed E-state index contributed by atoms with van der Waals surface area (Å²) in [6.07, 6.45) is 10.7. The number of aryl methyl sites for hydroxylation is 1. The zero-order valence-corrected chi connectivity index (χ0v) is 18.6. The van der Waals surface area contributed by atoms with Crippen molar-refractivity contribution >= 4 is 17.4 Å². The largest absolute Gasteiger partial charge is 0.298 e. The number of carbonyl (C=O) groups is 1. The molecule has 1 amide bonds. The highest BCUT2D eigenvalue weighted by molar-refractivity contribution is 7.04. The molecule has 0 unspecified atom stereocenters. The highest BCUT2D eigenvalue weighted by Gasteiger charge is 2.41. The maximum absolute atomic E-state index is 13.6. The van der Waals surface area contributed by atoms with E-state index in [-0.39, 0.29) is 11.4 Å². The number of rotatable bonds is 5. The molecule has 152 valence electrons. The quantitative estimate of drug-likeness (QED) is 0.610. The molecular formula is C24H34N2OS. The standard InChI is InChI=1S/C24H34N2OS/c1-5-6-13-19-18-26(23(2,3)4)28-21(19)25-22(27)24(16-11-8-12-17-24)20-14-9-7-10-15-20/h7,9-10,14-15,18H,5-6,8,11-13,16-17H2,1-4H3. The van der Waals surface area contributed by atoms with Crippen LogP contribution in [0, 0.1) is 0 Å². The molecule has 0 atom stereocenters. The van der Waals surface area contributed by atoms with Crippen LogP contribution in [0.5, 0.6) is 0 Å². The van der Waals surface area contributed by atoms with Crippen molar-refractivity contribution in [1.82, 2.24) is 3.96 Å². The average Bonchev–Trinajstić information content (AvgIpc) is 3.10. The molecule has 1 aromatic carbocycles. The number of carbonyl (C=O) groups excluding carboxylic acids is 1. The zero-order chi connectivity index (χ0) is 20.2. The van der Waals surface area contributed by atoms with Gasteiger partial charge in [0.15, 0.2) is 0 Å². The Kier molecular flexibility index (Phi) is 6.59. The number of hydrogen-bond acceptors (Lipinski definition) is 2. The minimum absolute atomic E-state index is 0.00437. The van der Waals surface area contributed by atoms with Gasteiger partial charge in [0.1, 0.15) is 4.67 Å². The molecular weight excluding hydrogens is 364 g/mol. The lowest BCUT2D eigenvalue weighted by Gasteiger charge is -2.34. The minimum atomic E-state index is -0.446.